The Morgan fingerprint density at radius 1 is 1.02 bits per heavy atom. The van der Waals surface area contributed by atoms with Crippen molar-refractivity contribution in [2.45, 2.75) is 25.7 Å². The van der Waals surface area contributed by atoms with E-state index in [9.17, 15) is 31.5 Å². The van der Waals surface area contributed by atoms with E-state index in [0.717, 1.165) is 22.6 Å². The molecule has 1 aromatic carbocycles. The van der Waals surface area contributed by atoms with Crippen LogP contribution in [-0.2, 0) is 28.8 Å². The molecule has 12 nitrogen and oxygen atoms in total. The molecule has 1 fully saturated rings. The summed E-state index contributed by atoms with van der Waals surface area (Å²) in [5, 5.41) is 7.83. The summed E-state index contributed by atoms with van der Waals surface area (Å²) in [4.78, 5) is 36.4. The lowest BCUT2D eigenvalue weighted by Crippen LogP contribution is -2.48. The van der Waals surface area contributed by atoms with E-state index in [2.05, 4.69) is 20.2 Å². The molecule has 238 valence electrons. The Kier molecular flexibility index (Phi) is 9.24. The van der Waals surface area contributed by atoms with Crippen molar-refractivity contribution in [3.63, 3.8) is 0 Å². The van der Waals surface area contributed by atoms with Crippen molar-refractivity contribution in [3.05, 3.63) is 82.4 Å². The average molecular weight is 635 g/mol. The topological polar surface area (TPSA) is 120 Å². The molecule has 0 saturated carbocycles. The molecular weight excluding hydrogens is 607 g/mol. The normalized spacial score (nSPS) is 14.1. The van der Waals surface area contributed by atoms with Gasteiger partial charge >= 0.3 is 6.18 Å². The SMILES string of the molecule is COc1ccc(Cn2ncc3c(c(C(F)F)nn3CCOC=CC(=O)N3CCN(c4ncc(C(F)(F)F)cn4)CC3)c2=O)cc1. The van der Waals surface area contributed by atoms with E-state index in [1.54, 1.807) is 29.2 Å². The number of piperazine rings is 1. The average Bonchev–Trinajstić information content (AvgIpc) is 3.42. The maximum atomic E-state index is 13.8. The van der Waals surface area contributed by atoms with E-state index in [1.165, 1.54) is 35.2 Å². The number of benzene rings is 1. The summed E-state index contributed by atoms with van der Waals surface area (Å²) in [6, 6.07) is 6.91. The van der Waals surface area contributed by atoms with E-state index in [4.69, 9.17) is 9.47 Å². The molecule has 1 amide bonds. The molecule has 1 aliphatic heterocycles. The number of carbonyl (C=O) groups excluding carboxylic acids is 1. The van der Waals surface area contributed by atoms with Crippen LogP contribution in [0.3, 0.4) is 0 Å². The Morgan fingerprint density at radius 3 is 2.33 bits per heavy atom. The van der Waals surface area contributed by atoms with Crippen LogP contribution in [-0.4, -0.2) is 80.2 Å². The lowest BCUT2D eigenvalue weighted by atomic mass is 10.2. The Hall–Kier alpha value is -5.09. The summed E-state index contributed by atoms with van der Waals surface area (Å²) in [6.45, 7) is 1.22. The first-order chi connectivity index (χ1) is 21.5. The molecule has 1 aliphatic rings. The van der Waals surface area contributed by atoms with E-state index in [-0.39, 0.29) is 55.5 Å². The number of ether oxygens (including phenoxy) is 2. The second-order valence-electron chi connectivity index (χ2n) is 9.88. The van der Waals surface area contributed by atoms with Crippen molar-refractivity contribution in [1.29, 1.82) is 0 Å². The van der Waals surface area contributed by atoms with E-state index < -0.39 is 29.4 Å². The van der Waals surface area contributed by atoms with Crippen LogP contribution < -0.4 is 15.2 Å². The first-order valence-corrected chi connectivity index (χ1v) is 13.6. The second kappa shape index (κ2) is 13.3. The molecule has 1 saturated heterocycles. The van der Waals surface area contributed by atoms with Gasteiger partial charge in [-0.1, -0.05) is 12.1 Å². The largest absolute Gasteiger partial charge is 0.499 e. The fourth-order valence-corrected chi connectivity index (χ4v) is 4.67. The first kappa shape index (κ1) is 31.3. The number of aromatic nitrogens is 6. The highest BCUT2D eigenvalue weighted by atomic mass is 19.4. The number of methoxy groups -OCH3 is 1. The van der Waals surface area contributed by atoms with Crippen LogP contribution >= 0.6 is 0 Å². The summed E-state index contributed by atoms with van der Waals surface area (Å²) in [7, 11) is 1.53. The molecule has 0 aliphatic carbocycles. The lowest BCUT2D eigenvalue weighted by molar-refractivity contribution is -0.138. The molecule has 0 atom stereocenters. The minimum absolute atomic E-state index is 0.00281. The van der Waals surface area contributed by atoms with Gasteiger partial charge < -0.3 is 19.3 Å². The molecule has 0 N–H and O–H groups in total. The molecule has 0 bridgehead atoms. The van der Waals surface area contributed by atoms with Crippen molar-refractivity contribution >= 4 is 22.8 Å². The third-order valence-electron chi connectivity index (χ3n) is 7.05. The number of hydrogen-bond acceptors (Lipinski definition) is 9. The van der Waals surface area contributed by atoms with Gasteiger partial charge in [-0.15, -0.1) is 0 Å². The molecule has 3 aromatic heterocycles. The molecule has 4 aromatic rings. The maximum Gasteiger partial charge on any atom is 0.419 e. The van der Waals surface area contributed by atoms with Crippen LogP contribution in [0.2, 0.25) is 0 Å². The van der Waals surface area contributed by atoms with Gasteiger partial charge in [-0.3, -0.25) is 14.3 Å². The zero-order valence-corrected chi connectivity index (χ0v) is 23.8. The number of carbonyl (C=O) groups is 1. The quantitative estimate of drug-likeness (QED) is 0.112. The molecule has 0 unspecified atom stereocenters. The van der Waals surface area contributed by atoms with Crippen molar-refractivity contribution in [2.24, 2.45) is 0 Å². The third kappa shape index (κ3) is 7.18. The minimum Gasteiger partial charge on any atom is -0.499 e. The predicted molar refractivity (Wildman–Crippen MR) is 150 cm³/mol. The van der Waals surface area contributed by atoms with Crippen LogP contribution in [0.25, 0.3) is 10.9 Å². The summed E-state index contributed by atoms with van der Waals surface area (Å²) in [6.07, 6.45) is -2.41. The van der Waals surface area contributed by atoms with Crippen molar-refractivity contribution in [1.82, 2.24) is 34.4 Å². The van der Waals surface area contributed by atoms with Gasteiger partial charge in [0.15, 0.2) is 0 Å². The maximum absolute atomic E-state index is 13.8. The van der Waals surface area contributed by atoms with Crippen LogP contribution in [0.1, 0.15) is 23.2 Å². The number of amides is 1. The zero-order chi connectivity index (χ0) is 32.1. The van der Waals surface area contributed by atoms with Gasteiger partial charge in [0, 0.05) is 44.6 Å². The molecule has 0 spiro atoms. The van der Waals surface area contributed by atoms with Gasteiger partial charge in [0.25, 0.3) is 12.0 Å². The number of fused-ring (bicyclic) bond motifs is 1. The number of rotatable bonds is 10. The van der Waals surface area contributed by atoms with Gasteiger partial charge in [0.2, 0.25) is 11.9 Å². The number of nitrogens with zero attached hydrogens (tertiary/aromatic N) is 8. The fraction of sp³-hybridized carbons (Fsp3) is 0.357. The van der Waals surface area contributed by atoms with Crippen molar-refractivity contribution in [2.75, 3.05) is 44.8 Å². The van der Waals surface area contributed by atoms with Crippen molar-refractivity contribution < 1.29 is 36.2 Å². The van der Waals surface area contributed by atoms with Gasteiger partial charge in [-0.25, -0.2) is 23.4 Å². The number of halogens is 5. The standard InChI is InChI=1S/C28H27F5N8O4/c1-44-20-4-2-18(3-5-20)17-41-26(43)23-21(16-36-41)40(37-24(23)25(29)30)11-13-45-12-6-22(42)38-7-9-39(10-8-38)27-34-14-19(15-35-27)28(31,32)33/h2-6,12,14-16,25H,7-11,13,17H2,1H3. The Balaban J connectivity index is 1.15. The fourth-order valence-electron chi connectivity index (χ4n) is 4.67. The van der Waals surface area contributed by atoms with E-state index in [0.29, 0.717) is 18.8 Å². The van der Waals surface area contributed by atoms with E-state index in [1.807, 2.05) is 0 Å². The molecule has 17 heteroatoms. The summed E-state index contributed by atoms with van der Waals surface area (Å²) >= 11 is 0. The molecule has 0 radical (unpaired) electrons. The molecule has 4 heterocycles. The highest BCUT2D eigenvalue weighted by Crippen LogP contribution is 2.28. The van der Waals surface area contributed by atoms with Gasteiger partial charge in [-0.2, -0.15) is 23.4 Å². The van der Waals surface area contributed by atoms with Crippen LogP contribution in [0.4, 0.5) is 27.9 Å². The van der Waals surface area contributed by atoms with E-state index >= 15 is 0 Å². The number of alkyl halides is 5. The third-order valence-corrected chi connectivity index (χ3v) is 7.05. The minimum atomic E-state index is -4.53. The van der Waals surface area contributed by atoms with Gasteiger partial charge in [-0.05, 0) is 17.7 Å². The van der Waals surface area contributed by atoms with Crippen LogP contribution in [0.5, 0.6) is 5.75 Å². The van der Waals surface area contributed by atoms with Crippen LogP contribution in [0, 0.1) is 0 Å². The van der Waals surface area contributed by atoms with Crippen molar-refractivity contribution in [3.8, 4) is 5.75 Å². The lowest BCUT2D eigenvalue weighted by Gasteiger charge is -2.34. The number of anilines is 1. The summed E-state index contributed by atoms with van der Waals surface area (Å²) < 4.78 is 78.7. The second-order valence-corrected chi connectivity index (χ2v) is 9.88. The molecule has 45 heavy (non-hydrogen) atoms. The first-order valence-electron chi connectivity index (χ1n) is 13.6. The van der Waals surface area contributed by atoms with Crippen LogP contribution in [0.15, 0.2) is 60.0 Å². The Bertz CT molecular complexity index is 1710. The molecule has 5 rings (SSSR count). The van der Waals surface area contributed by atoms with Gasteiger partial charge in [0.1, 0.15) is 18.1 Å². The highest BCUT2D eigenvalue weighted by molar-refractivity contribution is 5.87. The monoisotopic (exact) mass is 634 g/mol. The highest BCUT2D eigenvalue weighted by Gasteiger charge is 2.32. The molecular formula is C28H27F5N8O4. The predicted octanol–water partition coefficient (Wildman–Crippen LogP) is 3.28. The smallest absolute Gasteiger partial charge is 0.419 e. The Morgan fingerprint density at radius 2 is 1.71 bits per heavy atom. The Labute approximate surface area is 252 Å². The summed E-state index contributed by atoms with van der Waals surface area (Å²) in [5.74, 6) is 0.418. The summed E-state index contributed by atoms with van der Waals surface area (Å²) in [5.41, 5.74) is -1.46. The zero-order valence-electron chi connectivity index (χ0n) is 23.8. The van der Waals surface area contributed by atoms with Gasteiger partial charge in [0.05, 0.1) is 49.1 Å². The number of hydrogen-bond donors (Lipinski definition) is 0.